The summed E-state index contributed by atoms with van der Waals surface area (Å²) < 4.78 is 7.75. The summed E-state index contributed by atoms with van der Waals surface area (Å²) in [6, 6.07) is 1.77. The number of aryl methyl sites for hydroxylation is 1. The van der Waals surface area contributed by atoms with E-state index in [-0.39, 0.29) is 11.9 Å². The van der Waals surface area contributed by atoms with Crippen LogP contribution in [-0.4, -0.2) is 56.3 Å². The van der Waals surface area contributed by atoms with Crippen LogP contribution in [0.3, 0.4) is 0 Å². The van der Waals surface area contributed by atoms with E-state index < -0.39 is 0 Å². The van der Waals surface area contributed by atoms with Crippen LogP contribution in [0.15, 0.2) is 18.6 Å². The fourth-order valence-corrected chi connectivity index (χ4v) is 3.76. The average molecular weight is 356 g/mol. The molecule has 138 valence electrons. The van der Waals surface area contributed by atoms with Crippen molar-refractivity contribution in [2.45, 2.75) is 45.5 Å². The number of likely N-dealkylation sites (tertiary alicyclic amines) is 1. The smallest absolute Gasteiger partial charge is 0.270 e. The fourth-order valence-electron chi connectivity index (χ4n) is 3.76. The highest BCUT2D eigenvalue weighted by Crippen LogP contribution is 2.23. The predicted octanol–water partition coefficient (Wildman–Crippen LogP) is 0.770. The molecule has 2 aromatic heterocycles. The van der Waals surface area contributed by atoms with E-state index in [0.717, 1.165) is 51.3 Å². The van der Waals surface area contributed by atoms with Crippen molar-refractivity contribution in [1.29, 1.82) is 0 Å². The first-order valence-electron chi connectivity index (χ1n) is 9.19. The van der Waals surface area contributed by atoms with Crippen LogP contribution in [0.4, 0.5) is 0 Å². The lowest BCUT2D eigenvalue weighted by atomic mass is 10.1. The maximum atomic E-state index is 12.2. The van der Waals surface area contributed by atoms with E-state index in [1.807, 2.05) is 0 Å². The molecule has 8 heteroatoms. The van der Waals surface area contributed by atoms with Crippen molar-refractivity contribution in [2.24, 2.45) is 0 Å². The Morgan fingerprint density at radius 1 is 1.46 bits per heavy atom. The SMILES string of the molecule is CCn1nc(CN2CCC(NC(=O)c3ccncn3)C2)c2c1CCOC2. The minimum absolute atomic E-state index is 0.137. The average Bonchev–Trinajstić information content (AvgIpc) is 3.27. The zero-order valence-electron chi connectivity index (χ0n) is 15.0. The Bertz CT molecular complexity index is 775. The molecule has 0 spiro atoms. The van der Waals surface area contributed by atoms with Gasteiger partial charge in [-0.15, -0.1) is 0 Å². The summed E-state index contributed by atoms with van der Waals surface area (Å²) in [5.41, 5.74) is 4.10. The van der Waals surface area contributed by atoms with E-state index in [1.165, 1.54) is 17.6 Å². The molecule has 0 bridgehead atoms. The van der Waals surface area contributed by atoms with E-state index in [9.17, 15) is 4.79 Å². The predicted molar refractivity (Wildman–Crippen MR) is 94.4 cm³/mol. The Hall–Kier alpha value is -2.32. The van der Waals surface area contributed by atoms with Gasteiger partial charge in [0.25, 0.3) is 5.91 Å². The Morgan fingerprint density at radius 2 is 2.38 bits per heavy atom. The van der Waals surface area contributed by atoms with Crippen LogP contribution in [0.5, 0.6) is 0 Å². The summed E-state index contributed by atoms with van der Waals surface area (Å²) in [5, 5.41) is 7.87. The maximum absolute atomic E-state index is 12.2. The number of nitrogens with one attached hydrogen (secondary N) is 1. The molecule has 0 aliphatic carbocycles. The van der Waals surface area contributed by atoms with Crippen LogP contribution in [0, 0.1) is 0 Å². The molecular weight excluding hydrogens is 332 g/mol. The van der Waals surface area contributed by atoms with Gasteiger partial charge in [-0.2, -0.15) is 5.10 Å². The van der Waals surface area contributed by atoms with Crippen LogP contribution in [0.1, 0.15) is 40.8 Å². The van der Waals surface area contributed by atoms with E-state index in [0.29, 0.717) is 12.3 Å². The van der Waals surface area contributed by atoms with E-state index in [4.69, 9.17) is 9.84 Å². The molecule has 1 atom stereocenters. The van der Waals surface area contributed by atoms with Gasteiger partial charge in [0, 0.05) is 56.1 Å². The minimum atomic E-state index is -0.139. The molecule has 0 saturated carbocycles. The van der Waals surface area contributed by atoms with Gasteiger partial charge in [0.15, 0.2) is 0 Å². The number of aromatic nitrogens is 4. The van der Waals surface area contributed by atoms with Gasteiger partial charge < -0.3 is 10.1 Å². The van der Waals surface area contributed by atoms with Crippen LogP contribution in [0.25, 0.3) is 0 Å². The third-order valence-corrected chi connectivity index (χ3v) is 5.07. The Balaban J connectivity index is 1.38. The monoisotopic (exact) mass is 356 g/mol. The summed E-state index contributed by atoms with van der Waals surface area (Å²) >= 11 is 0. The zero-order valence-corrected chi connectivity index (χ0v) is 15.0. The van der Waals surface area contributed by atoms with Gasteiger partial charge in [0.05, 0.1) is 18.9 Å². The van der Waals surface area contributed by atoms with Crippen LogP contribution < -0.4 is 5.32 Å². The normalized spacial score (nSPS) is 20.1. The van der Waals surface area contributed by atoms with Crippen LogP contribution in [0.2, 0.25) is 0 Å². The molecule has 1 unspecified atom stereocenters. The molecule has 26 heavy (non-hydrogen) atoms. The number of nitrogens with zero attached hydrogens (tertiary/aromatic N) is 5. The molecule has 2 aliphatic rings. The lowest BCUT2D eigenvalue weighted by Gasteiger charge is -2.18. The molecule has 1 N–H and O–H groups in total. The number of fused-ring (bicyclic) bond motifs is 1. The van der Waals surface area contributed by atoms with Crippen molar-refractivity contribution in [3.8, 4) is 0 Å². The van der Waals surface area contributed by atoms with Crippen molar-refractivity contribution < 1.29 is 9.53 Å². The summed E-state index contributed by atoms with van der Waals surface area (Å²) in [7, 11) is 0. The fraction of sp³-hybridized carbons (Fsp3) is 0.556. The molecule has 1 saturated heterocycles. The van der Waals surface area contributed by atoms with E-state index >= 15 is 0 Å². The highest BCUT2D eigenvalue weighted by molar-refractivity contribution is 5.92. The van der Waals surface area contributed by atoms with Gasteiger partial charge in [0.2, 0.25) is 0 Å². The number of hydrogen-bond donors (Lipinski definition) is 1. The summed E-state index contributed by atoms with van der Waals surface area (Å²) in [6.07, 6.45) is 4.85. The van der Waals surface area contributed by atoms with Crippen LogP contribution >= 0.6 is 0 Å². The summed E-state index contributed by atoms with van der Waals surface area (Å²) in [5.74, 6) is -0.139. The van der Waals surface area contributed by atoms with E-state index in [2.05, 4.69) is 31.8 Å². The lowest BCUT2D eigenvalue weighted by Crippen LogP contribution is -2.37. The van der Waals surface area contributed by atoms with Crippen molar-refractivity contribution >= 4 is 5.91 Å². The second kappa shape index (κ2) is 7.51. The van der Waals surface area contributed by atoms with E-state index in [1.54, 1.807) is 12.3 Å². The van der Waals surface area contributed by atoms with Gasteiger partial charge in [-0.1, -0.05) is 0 Å². The molecule has 4 rings (SSSR count). The quantitative estimate of drug-likeness (QED) is 0.852. The number of carbonyl (C=O) groups is 1. The van der Waals surface area contributed by atoms with Crippen molar-refractivity contribution in [3.63, 3.8) is 0 Å². The summed E-state index contributed by atoms with van der Waals surface area (Å²) in [6.45, 7) is 7.03. The van der Waals surface area contributed by atoms with Gasteiger partial charge in [-0.3, -0.25) is 14.4 Å². The second-order valence-electron chi connectivity index (χ2n) is 6.78. The molecule has 2 aliphatic heterocycles. The van der Waals surface area contributed by atoms with Crippen molar-refractivity contribution in [3.05, 3.63) is 41.2 Å². The second-order valence-corrected chi connectivity index (χ2v) is 6.78. The minimum Gasteiger partial charge on any atom is -0.376 e. The molecule has 1 fully saturated rings. The van der Waals surface area contributed by atoms with Crippen LogP contribution in [-0.2, 0) is 30.9 Å². The zero-order chi connectivity index (χ0) is 17.9. The molecule has 1 amide bonds. The van der Waals surface area contributed by atoms with Gasteiger partial charge in [-0.25, -0.2) is 9.97 Å². The maximum Gasteiger partial charge on any atom is 0.270 e. The molecule has 8 nitrogen and oxygen atoms in total. The van der Waals surface area contributed by atoms with Gasteiger partial charge >= 0.3 is 0 Å². The van der Waals surface area contributed by atoms with Gasteiger partial charge in [-0.05, 0) is 19.4 Å². The Kier molecular flexibility index (Phi) is 4.94. The number of ether oxygens (including phenoxy) is 1. The Morgan fingerprint density at radius 3 is 3.19 bits per heavy atom. The highest BCUT2D eigenvalue weighted by Gasteiger charge is 2.27. The first-order chi connectivity index (χ1) is 12.7. The topological polar surface area (TPSA) is 85.2 Å². The third kappa shape index (κ3) is 3.47. The van der Waals surface area contributed by atoms with Crippen molar-refractivity contribution in [2.75, 3.05) is 19.7 Å². The number of amides is 1. The highest BCUT2D eigenvalue weighted by atomic mass is 16.5. The number of rotatable bonds is 5. The largest absolute Gasteiger partial charge is 0.376 e. The standard InChI is InChI=1S/C18H24N6O2/c1-2-24-17-5-8-26-11-14(17)16(22-24)10-23-7-4-13(9-23)21-18(25)15-3-6-19-12-20-15/h3,6,12-13H,2,4-5,7-11H2,1H3,(H,21,25). The molecule has 0 radical (unpaired) electrons. The molecule has 2 aromatic rings. The number of carbonyl (C=O) groups excluding carboxylic acids is 1. The third-order valence-electron chi connectivity index (χ3n) is 5.07. The van der Waals surface area contributed by atoms with Crippen molar-refractivity contribution in [1.82, 2.24) is 30.0 Å². The summed E-state index contributed by atoms with van der Waals surface area (Å²) in [4.78, 5) is 22.4. The molecule has 0 aromatic carbocycles. The molecular formula is C18H24N6O2. The van der Waals surface area contributed by atoms with Gasteiger partial charge in [0.1, 0.15) is 12.0 Å². The first kappa shape index (κ1) is 17.1. The molecule has 4 heterocycles. The lowest BCUT2D eigenvalue weighted by molar-refractivity contribution is 0.0932. The Labute approximate surface area is 152 Å². The number of hydrogen-bond acceptors (Lipinski definition) is 6. The first-order valence-corrected chi connectivity index (χ1v) is 9.19.